The van der Waals surface area contributed by atoms with E-state index in [-0.39, 0.29) is 5.41 Å². The van der Waals surface area contributed by atoms with Gasteiger partial charge in [-0.25, -0.2) is 0 Å². The molecule has 0 aliphatic carbocycles. The number of likely N-dealkylation sites (tertiary alicyclic amines) is 1. The van der Waals surface area contributed by atoms with Gasteiger partial charge < -0.3 is 10.2 Å². The topological polar surface area (TPSA) is 15.3 Å². The summed E-state index contributed by atoms with van der Waals surface area (Å²) in [5.74, 6) is 0.789. The van der Waals surface area contributed by atoms with E-state index in [4.69, 9.17) is 0 Å². The Labute approximate surface area is 128 Å². The third-order valence-electron chi connectivity index (χ3n) is 4.23. The molecule has 0 aromatic carbocycles. The van der Waals surface area contributed by atoms with Crippen molar-refractivity contribution in [2.24, 2.45) is 5.92 Å². The molecule has 1 fully saturated rings. The van der Waals surface area contributed by atoms with Gasteiger partial charge in [0, 0.05) is 29.4 Å². The molecule has 1 aliphatic heterocycles. The van der Waals surface area contributed by atoms with Gasteiger partial charge in [0.15, 0.2) is 0 Å². The Morgan fingerprint density at radius 1 is 1.35 bits per heavy atom. The van der Waals surface area contributed by atoms with Crippen LogP contribution in [-0.2, 0) is 5.41 Å². The molecule has 0 radical (unpaired) electrons. The van der Waals surface area contributed by atoms with Crippen LogP contribution in [0.25, 0.3) is 0 Å². The fourth-order valence-corrected chi connectivity index (χ4v) is 3.84. The number of hydrogen-bond acceptors (Lipinski definition) is 3. The molecule has 0 bridgehead atoms. The number of rotatable bonds is 6. The lowest BCUT2D eigenvalue weighted by molar-refractivity contribution is 0.177. The third kappa shape index (κ3) is 4.57. The molecule has 3 heteroatoms. The van der Waals surface area contributed by atoms with Crippen LogP contribution in [0.1, 0.15) is 45.4 Å². The molecule has 2 rings (SSSR count). The number of nitrogens with one attached hydrogen (secondary N) is 1. The molecule has 0 atom stereocenters. The SMILES string of the molecule is CC(C)CN1CCC(NCC(C)(C)c2cccs2)CC1. The Bertz CT molecular complexity index is 376. The van der Waals surface area contributed by atoms with Crippen LogP contribution >= 0.6 is 11.3 Å². The van der Waals surface area contributed by atoms with E-state index in [0.717, 1.165) is 12.5 Å². The summed E-state index contributed by atoms with van der Waals surface area (Å²) in [4.78, 5) is 4.11. The first-order valence-electron chi connectivity index (χ1n) is 7.97. The average Bonchev–Trinajstić information content (AvgIpc) is 2.92. The van der Waals surface area contributed by atoms with E-state index in [1.165, 1.54) is 37.4 Å². The Morgan fingerprint density at radius 3 is 2.60 bits per heavy atom. The van der Waals surface area contributed by atoms with E-state index >= 15 is 0 Å². The van der Waals surface area contributed by atoms with Crippen LogP contribution in [0.15, 0.2) is 17.5 Å². The number of thiophene rings is 1. The Kier molecular flexibility index (Phi) is 5.65. The highest BCUT2D eigenvalue weighted by atomic mass is 32.1. The van der Waals surface area contributed by atoms with Crippen molar-refractivity contribution < 1.29 is 0 Å². The molecule has 0 saturated carbocycles. The van der Waals surface area contributed by atoms with Crippen LogP contribution in [0.2, 0.25) is 0 Å². The van der Waals surface area contributed by atoms with E-state index in [9.17, 15) is 0 Å². The molecule has 20 heavy (non-hydrogen) atoms. The first kappa shape index (κ1) is 16.0. The predicted octanol–water partition coefficient (Wildman–Crippen LogP) is 3.74. The van der Waals surface area contributed by atoms with Crippen LogP contribution in [0.3, 0.4) is 0 Å². The van der Waals surface area contributed by atoms with Gasteiger partial charge in [0.2, 0.25) is 0 Å². The quantitative estimate of drug-likeness (QED) is 0.860. The van der Waals surface area contributed by atoms with Crippen molar-refractivity contribution in [2.45, 2.75) is 52.0 Å². The predicted molar refractivity (Wildman–Crippen MR) is 89.6 cm³/mol. The van der Waals surface area contributed by atoms with Gasteiger partial charge in [0.25, 0.3) is 0 Å². The maximum Gasteiger partial charge on any atom is 0.0115 e. The van der Waals surface area contributed by atoms with Gasteiger partial charge >= 0.3 is 0 Å². The zero-order chi connectivity index (χ0) is 14.6. The van der Waals surface area contributed by atoms with Crippen molar-refractivity contribution >= 4 is 11.3 Å². The molecule has 1 aromatic heterocycles. The summed E-state index contributed by atoms with van der Waals surface area (Å²) in [6, 6.07) is 5.13. The minimum atomic E-state index is 0.253. The standard InChI is InChI=1S/C17H30N2S/c1-14(2)12-19-9-7-15(8-10-19)18-13-17(3,4)16-6-5-11-20-16/h5-6,11,14-15,18H,7-10,12-13H2,1-4H3. The second-order valence-corrected chi connectivity index (χ2v) is 8.16. The van der Waals surface area contributed by atoms with E-state index < -0.39 is 0 Å². The van der Waals surface area contributed by atoms with Crippen LogP contribution in [0.4, 0.5) is 0 Å². The van der Waals surface area contributed by atoms with Gasteiger partial charge in [0.1, 0.15) is 0 Å². The normalized spacial score (nSPS) is 18.9. The van der Waals surface area contributed by atoms with E-state index in [1.807, 2.05) is 11.3 Å². The minimum absolute atomic E-state index is 0.253. The van der Waals surface area contributed by atoms with Gasteiger partial charge in [-0.15, -0.1) is 11.3 Å². The lowest BCUT2D eigenvalue weighted by atomic mass is 9.90. The largest absolute Gasteiger partial charge is 0.313 e. The summed E-state index contributed by atoms with van der Waals surface area (Å²) < 4.78 is 0. The zero-order valence-electron chi connectivity index (χ0n) is 13.5. The van der Waals surface area contributed by atoms with Gasteiger partial charge in [-0.05, 0) is 43.3 Å². The molecule has 1 aromatic rings. The van der Waals surface area contributed by atoms with Crippen LogP contribution in [-0.4, -0.2) is 37.1 Å². The summed E-state index contributed by atoms with van der Waals surface area (Å²) in [5, 5.41) is 5.99. The van der Waals surface area contributed by atoms with E-state index in [0.29, 0.717) is 6.04 Å². The summed E-state index contributed by atoms with van der Waals surface area (Å²) in [5.41, 5.74) is 0.253. The van der Waals surface area contributed by atoms with Crippen LogP contribution in [0, 0.1) is 5.92 Å². The number of nitrogens with zero attached hydrogens (tertiary/aromatic N) is 1. The van der Waals surface area contributed by atoms with E-state index in [2.05, 4.69) is 55.4 Å². The monoisotopic (exact) mass is 294 g/mol. The highest BCUT2D eigenvalue weighted by Gasteiger charge is 2.25. The zero-order valence-corrected chi connectivity index (χ0v) is 14.3. The lowest BCUT2D eigenvalue weighted by Crippen LogP contribution is -2.46. The van der Waals surface area contributed by atoms with Gasteiger partial charge in [-0.2, -0.15) is 0 Å². The molecular weight excluding hydrogens is 264 g/mol. The summed E-state index contributed by atoms with van der Waals surface area (Å²) in [7, 11) is 0. The second-order valence-electron chi connectivity index (χ2n) is 7.21. The first-order valence-corrected chi connectivity index (χ1v) is 8.85. The minimum Gasteiger partial charge on any atom is -0.313 e. The van der Waals surface area contributed by atoms with Crippen molar-refractivity contribution in [1.29, 1.82) is 0 Å². The molecule has 0 unspecified atom stereocenters. The van der Waals surface area contributed by atoms with Crippen molar-refractivity contribution in [3.8, 4) is 0 Å². The number of piperidine rings is 1. The highest BCUT2D eigenvalue weighted by molar-refractivity contribution is 7.10. The molecule has 0 spiro atoms. The Morgan fingerprint density at radius 2 is 2.05 bits per heavy atom. The Balaban J connectivity index is 1.73. The molecule has 1 N–H and O–H groups in total. The summed E-state index contributed by atoms with van der Waals surface area (Å²) >= 11 is 1.88. The van der Waals surface area contributed by atoms with E-state index in [1.54, 1.807) is 0 Å². The molecule has 114 valence electrons. The number of hydrogen-bond donors (Lipinski definition) is 1. The van der Waals surface area contributed by atoms with Crippen molar-refractivity contribution in [3.63, 3.8) is 0 Å². The van der Waals surface area contributed by atoms with Gasteiger partial charge in [0.05, 0.1) is 0 Å². The van der Waals surface area contributed by atoms with Gasteiger partial charge in [-0.1, -0.05) is 33.8 Å². The highest BCUT2D eigenvalue weighted by Crippen LogP contribution is 2.27. The maximum absolute atomic E-state index is 3.80. The second kappa shape index (κ2) is 7.06. The van der Waals surface area contributed by atoms with Crippen LogP contribution < -0.4 is 5.32 Å². The Hall–Kier alpha value is -0.380. The maximum atomic E-state index is 3.80. The summed E-state index contributed by atoms with van der Waals surface area (Å²) in [6.07, 6.45) is 2.60. The fourth-order valence-electron chi connectivity index (χ4n) is 2.99. The fraction of sp³-hybridized carbons (Fsp3) is 0.765. The molecule has 2 heterocycles. The van der Waals surface area contributed by atoms with Crippen LogP contribution in [0.5, 0.6) is 0 Å². The van der Waals surface area contributed by atoms with Crippen molar-refractivity contribution in [1.82, 2.24) is 10.2 Å². The first-order chi connectivity index (χ1) is 9.47. The average molecular weight is 295 g/mol. The molecule has 0 amide bonds. The molecule has 2 nitrogen and oxygen atoms in total. The molecule has 1 saturated heterocycles. The third-order valence-corrected chi connectivity index (χ3v) is 5.47. The van der Waals surface area contributed by atoms with Crippen molar-refractivity contribution in [3.05, 3.63) is 22.4 Å². The van der Waals surface area contributed by atoms with Crippen molar-refractivity contribution in [2.75, 3.05) is 26.2 Å². The smallest absolute Gasteiger partial charge is 0.0115 e. The lowest BCUT2D eigenvalue weighted by Gasteiger charge is -2.35. The molecule has 1 aliphatic rings. The van der Waals surface area contributed by atoms with Gasteiger partial charge in [-0.3, -0.25) is 0 Å². The summed E-state index contributed by atoms with van der Waals surface area (Å²) in [6.45, 7) is 14.2. The molecular formula is C17H30N2S.